The molecule has 20 heavy (non-hydrogen) atoms. The molecule has 3 heteroatoms. The van der Waals surface area contributed by atoms with Crippen LogP contribution in [0.5, 0.6) is 0 Å². The van der Waals surface area contributed by atoms with E-state index in [1.165, 1.54) is 5.56 Å². The number of carbonyl (C=O) groups is 1. The molecule has 1 amide bonds. The SMILES string of the molecule is CC(CNC(=O)C1NCCCC1(C)C)c1ccccc1. The van der Waals surface area contributed by atoms with Gasteiger partial charge in [0.15, 0.2) is 0 Å². The summed E-state index contributed by atoms with van der Waals surface area (Å²) in [6, 6.07) is 10.3. The van der Waals surface area contributed by atoms with Gasteiger partial charge in [0.2, 0.25) is 5.91 Å². The smallest absolute Gasteiger partial charge is 0.237 e. The van der Waals surface area contributed by atoms with Gasteiger partial charge >= 0.3 is 0 Å². The second kappa shape index (κ2) is 6.40. The van der Waals surface area contributed by atoms with Crippen LogP contribution in [0.25, 0.3) is 0 Å². The first-order valence-electron chi connectivity index (χ1n) is 7.57. The predicted octanol–water partition coefficient (Wildman–Crippen LogP) is 2.68. The molecule has 2 unspecified atom stereocenters. The number of hydrogen-bond acceptors (Lipinski definition) is 2. The molecule has 0 radical (unpaired) electrons. The molecular formula is C17H26N2O. The van der Waals surface area contributed by atoms with E-state index in [9.17, 15) is 4.79 Å². The minimum Gasteiger partial charge on any atom is -0.354 e. The number of hydrogen-bond donors (Lipinski definition) is 2. The van der Waals surface area contributed by atoms with E-state index in [1.54, 1.807) is 0 Å². The molecule has 2 rings (SSSR count). The van der Waals surface area contributed by atoms with Crippen molar-refractivity contribution < 1.29 is 4.79 Å². The number of rotatable bonds is 4. The van der Waals surface area contributed by atoms with Gasteiger partial charge in [-0.3, -0.25) is 4.79 Å². The van der Waals surface area contributed by atoms with Crippen LogP contribution in [0.4, 0.5) is 0 Å². The van der Waals surface area contributed by atoms with Crippen LogP contribution in [-0.4, -0.2) is 25.0 Å². The summed E-state index contributed by atoms with van der Waals surface area (Å²) >= 11 is 0. The van der Waals surface area contributed by atoms with Gasteiger partial charge in [0, 0.05) is 6.54 Å². The van der Waals surface area contributed by atoms with Crippen LogP contribution in [0.2, 0.25) is 0 Å². The summed E-state index contributed by atoms with van der Waals surface area (Å²) in [4.78, 5) is 12.4. The summed E-state index contributed by atoms with van der Waals surface area (Å²) in [5.74, 6) is 0.476. The Hall–Kier alpha value is -1.35. The fourth-order valence-corrected chi connectivity index (χ4v) is 2.91. The standard InChI is InChI=1S/C17H26N2O/c1-13(14-8-5-4-6-9-14)12-19-16(20)15-17(2,3)10-7-11-18-15/h4-6,8-9,13,15,18H,7,10-12H2,1-3H3,(H,19,20). The molecule has 1 aliphatic rings. The molecule has 0 aliphatic carbocycles. The van der Waals surface area contributed by atoms with E-state index in [2.05, 4.69) is 43.5 Å². The van der Waals surface area contributed by atoms with E-state index in [-0.39, 0.29) is 17.4 Å². The maximum atomic E-state index is 12.4. The Morgan fingerprint density at radius 2 is 2.10 bits per heavy atom. The van der Waals surface area contributed by atoms with Gasteiger partial charge in [-0.2, -0.15) is 0 Å². The summed E-state index contributed by atoms with van der Waals surface area (Å²) in [6.07, 6.45) is 2.25. The predicted molar refractivity (Wildman–Crippen MR) is 82.7 cm³/mol. The highest BCUT2D eigenvalue weighted by Crippen LogP contribution is 2.30. The lowest BCUT2D eigenvalue weighted by atomic mass is 9.77. The molecule has 1 fully saturated rings. The molecule has 1 heterocycles. The van der Waals surface area contributed by atoms with Crippen LogP contribution in [0.15, 0.2) is 30.3 Å². The third-order valence-corrected chi connectivity index (χ3v) is 4.34. The first kappa shape index (κ1) is 15.0. The zero-order valence-electron chi connectivity index (χ0n) is 12.8. The number of amides is 1. The van der Waals surface area contributed by atoms with Crippen molar-refractivity contribution in [2.75, 3.05) is 13.1 Å². The fraction of sp³-hybridized carbons (Fsp3) is 0.588. The maximum Gasteiger partial charge on any atom is 0.237 e. The highest BCUT2D eigenvalue weighted by molar-refractivity contribution is 5.82. The molecule has 2 N–H and O–H groups in total. The molecule has 110 valence electrons. The Labute approximate surface area is 122 Å². The van der Waals surface area contributed by atoms with Crippen molar-refractivity contribution in [3.05, 3.63) is 35.9 Å². The Balaban J connectivity index is 1.89. The van der Waals surface area contributed by atoms with Crippen LogP contribution in [0.1, 0.15) is 45.1 Å². The van der Waals surface area contributed by atoms with Gasteiger partial charge in [-0.05, 0) is 36.3 Å². The summed E-state index contributed by atoms with van der Waals surface area (Å²) < 4.78 is 0. The van der Waals surface area contributed by atoms with Crippen molar-refractivity contribution in [1.82, 2.24) is 10.6 Å². The van der Waals surface area contributed by atoms with Gasteiger partial charge < -0.3 is 10.6 Å². The highest BCUT2D eigenvalue weighted by Gasteiger charge is 2.36. The molecule has 0 bridgehead atoms. The van der Waals surface area contributed by atoms with Gasteiger partial charge in [0.25, 0.3) is 0 Å². The monoisotopic (exact) mass is 274 g/mol. The normalized spacial score (nSPS) is 23.1. The topological polar surface area (TPSA) is 41.1 Å². The van der Waals surface area contributed by atoms with Gasteiger partial charge in [0.05, 0.1) is 6.04 Å². The van der Waals surface area contributed by atoms with Crippen molar-refractivity contribution in [2.45, 2.75) is 45.6 Å². The van der Waals surface area contributed by atoms with Crippen LogP contribution >= 0.6 is 0 Å². The minimum absolute atomic E-state index is 0.0400. The van der Waals surface area contributed by atoms with Gasteiger partial charge in [0.1, 0.15) is 0 Å². The van der Waals surface area contributed by atoms with Crippen molar-refractivity contribution >= 4 is 5.91 Å². The first-order valence-corrected chi connectivity index (χ1v) is 7.57. The van der Waals surface area contributed by atoms with E-state index in [0.717, 1.165) is 19.4 Å². The zero-order chi connectivity index (χ0) is 14.6. The molecule has 1 aromatic carbocycles. The maximum absolute atomic E-state index is 12.4. The Morgan fingerprint density at radius 1 is 1.40 bits per heavy atom. The highest BCUT2D eigenvalue weighted by atomic mass is 16.2. The van der Waals surface area contributed by atoms with Crippen molar-refractivity contribution in [2.24, 2.45) is 5.41 Å². The van der Waals surface area contributed by atoms with Crippen LogP contribution in [0, 0.1) is 5.41 Å². The Bertz CT molecular complexity index is 442. The van der Waals surface area contributed by atoms with E-state index in [4.69, 9.17) is 0 Å². The van der Waals surface area contributed by atoms with E-state index >= 15 is 0 Å². The molecule has 1 saturated heterocycles. The second-order valence-electron chi connectivity index (χ2n) is 6.54. The molecule has 1 aromatic rings. The van der Waals surface area contributed by atoms with Crippen molar-refractivity contribution in [3.8, 4) is 0 Å². The number of nitrogens with one attached hydrogen (secondary N) is 2. The molecule has 0 saturated carbocycles. The molecule has 2 atom stereocenters. The molecular weight excluding hydrogens is 248 g/mol. The van der Waals surface area contributed by atoms with Gasteiger partial charge in [-0.1, -0.05) is 51.1 Å². The zero-order valence-corrected chi connectivity index (χ0v) is 12.8. The van der Waals surface area contributed by atoms with Gasteiger partial charge in [-0.25, -0.2) is 0 Å². The van der Waals surface area contributed by atoms with E-state index in [1.807, 2.05) is 18.2 Å². The van der Waals surface area contributed by atoms with Crippen LogP contribution in [0.3, 0.4) is 0 Å². The average molecular weight is 274 g/mol. The molecule has 1 aliphatic heterocycles. The van der Waals surface area contributed by atoms with Gasteiger partial charge in [-0.15, -0.1) is 0 Å². The number of benzene rings is 1. The van der Waals surface area contributed by atoms with Crippen molar-refractivity contribution in [1.29, 1.82) is 0 Å². The van der Waals surface area contributed by atoms with E-state index in [0.29, 0.717) is 12.5 Å². The molecule has 3 nitrogen and oxygen atoms in total. The lowest BCUT2D eigenvalue weighted by Gasteiger charge is -2.38. The molecule has 0 spiro atoms. The summed E-state index contributed by atoms with van der Waals surface area (Å²) in [5.41, 5.74) is 1.31. The Kier molecular flexibility index (Phi) is 4.81. The minimum atomic E-state index is -0.0702. The Morgan fingerprint density at radius 3 is 2.75 bits per heavy atom. The first-order chi connectivity index (χ1) is 9.50. The summed E-state index contributed by atoms with van der Waals surface area (Å²) in [6.45, 7) is 8.12. The quantitative estimate of drug-likeness (QED) is 0.886. The second-order valence-corrected chi connectivity index (χ2v) is 6.54. The lowest BCUT2D eigenvalue weighted by molar-refractivity contribution is -0.126. The lowest BCUT2D eigenvalue weighted by Crippen LogP contribution is -2.55. The third-order valence-electron chi connectivity index (χ3n) is 4.34. The number of piperidine rings is 1. The van der Waals surface area contributed by atoms with Crippen molar-refractivity contribution in [3.63, 3.8) is 0 Å². The summed E-state index contributed by atoms with van der Waals surface area (Å²) in [5, 5.41) is 6.47. The average Bonchev–Trinajstić information content (AvgIpc) is 2.45. The molecule has 0 aromatic heterocycles. The van der Waals surface area contributed by atoms with Crippen LogP contribution < -0.4 is 10.6 Å². The third kappa shape index (κ3) is 3.60. The van der Waals surface area contributed by atoms with E-state index < -0.39 is 0 Å². The number of carbonyl (C=O) groups excluding carboxylic acids is 1. The van der Waals surface area contributed by atoms with Crippen LogP contribution in [-0.2, 0) is 4.79 Å². The largest absolute Gasteiger partial charge is 0.354 e. The fourth-order valence-electron chi connectivity index (χ4n) is 2.91. The summed E-state index contributed by atoms with van der Waals surface area (Å²) in [7, 11) is 0.